The lowest BCUT2D eigenvalue weighted by Crippen LogP contribution is -2.51. The molecule has 0 radical (unpaired) electrons. The molecule has 33 heavy (non-hydrogen) atoms. The quantitative estimate of drug-likeness (QED) is 0.501. The van der Waals surface area contributed by atoms with Crippen molar-refractivity contribution in [1.82, 2.24) is 10.2 Å². The summed E-state index contributed by atoms with van der Waals surface area (Å²) < 4.78 is 9.93. The number of ether oxygens (including phenoxy) is 2. The lowest BCUT2D eigenvalue weighted by molar-refractivity contribution is -0.159. The molecule has 1 spiro atoms. The van der Waals surface area contributed by atoms with Crippen LogP contribution in [0.2, 0.25) is 0 Å². The van der Waals surface area contributed by atoms with Crippen molar-refractivity contribution in [2.24, 2.45) is 10.8 Å². The van der Waals surface area contributed by atoms with E-state index >= 15 is 0 Å². The van der Waals surface area contributed by atoms with Crippen LogP contribution in [0, 0.1) is 10.8 Å². The number of carbonyl (C=O) groups excluding carboxylic acids is 4. The Kier molecular flexibility index (Phi) is 5.03. The summed E-state index contributed by atoms with van der Waals surface area (Å²) >= 11 is 0. The first-order chi connectivity index (χ1) is 15.8. The molecule has 1 aromatic carbocycles. The number of likely N-dealkylation sites (tertiary alicyclic amines) is 1. The van der Waals surface area contributed by atoms with Gasteiger partial charge < -0.3 is 19.7 Å². The molecule has 1 heterocycles. The number of hydrogen-bond acceptors (Lipinski definition) is 6. The molecule has 0 bridgehead atoms. The van der Waals surface area contributed by atoms with E-state index in [2.05, 4.69) is 5.32 Å². The van der Waals surface area contributed by atoms with E-state index in [-0.39, 0.29) is 23.8 Å². The van der Waals surface area contributed by atoms with Gasteiger partial charge in [0.2, 0.25) is 11.8 Å². The summed E-state index contributed by atoms with van der Waals surface area (Å²) in [5, 5.41) is 3.20. The molecule has 0 unspecified atom stereocenters. The van der Waals surface area contributed by atoms with E-state index < -0.39 is 28.9 Å². The molecular formula is C25H30N2O6. The highest BCUT2D eigenvalue weighted by Gasteiger charge is 2.64. The summed E-state index contributed by atoms with van der Waals surface area (Å²) in [6.07, 6.45) is 5.22. The van der Waals surface area contributed by atoms with Crippen molar-refractivity contribution in [3.8, 4) is 0 Å². The number of nitrogens with zero attached hydrogens (tertiary/aromatic N) is 1. The molecule has 5 rings (SSSR count). The molecule has 1 aromatic rings. The fourth-order valence-electron chi connectivity index (χ4n) is 5.19. The molecule has 4 aliphatic rings. The first-order valence-electron chi connectivity index (χ1n) is 11.8. The van der Waals surface area contributed by atoms with Crippen LogP contribution in [-0.4, -0.2) is 55.0 Å². The Morgan fingerprint density at radius 3 is 2.21 bits per heavy atom. The summed E-state index contributed by atoms with van der Waals surface area (Å²) in [6, 6.07) is 6.53. The average molecular weight is 455 g/mol. The number of carbonyl (C=O) groups is 4. The third-order valence-electron chi connectivity index (χ3n) is 7.83. The molecule has 1 saturated heterocycles. The number of benzene rings is 1. The number of methoxy groups -OCH3 is 1. The Balaban J connectivity index is 1.32. The summed E-state index contributed by atoms with van der Waals surface area (Å²) in [6.45, 7) is 2.50. The normalized spacial score (nSPS) is 24.7. The zero-order valence-electron chi connectivity index (χ0n) is 19.1. The fraction of sp³-hybridized carbons (Fsp3) is 0.600. The minimum absolute atomic E-state index is 0.0152. The maximum absolute atomic E-state index is 13.5. The zero-order valence-corrected chi connectivity index (χ0v) is 19.1. The van der Waals surface area contributed by atoms with Crippen LogP contribution in [0.25, 0.3) is 0 Å². The molecule has 3 saturated carbocycles. The highest BCUT2D eigenvalue weighted by Crippen LogP contribution is 2.58. The third kappa shape index (κ3) is 3.69. The largest absolute Gasteiger partial charge is 0.465 e. The van der Waals surface area contributed by atoms with Crippen LogP contribution in [0.3, 0.4) is 0 Å². The van der Waals surface area contributed by atoms with Crippen molar-refractivity contribution in [3.63, 3.8) is 0 Å². The van der Waals surface area contributed by atoms with Crippen LogP contribution in [0.15, 0.2) is 24.3 Å². The molecule has 2 amide bonds. The molecule has 1 N–H and O–H groups in total. The van der Waals surface area contributed by atoms with E-state index in [1.54, 1.807) is 24.0 Å². The van der Waals surface area contributed by atoms with Crippen LogP contribution in [0.1, 0.15) is 67.8 Å². The van der Waals surface area contributed by atoms with Gasteiger partial charge >= 0.3 is 11.9 Å². The first-order valence-corrected chi connectivity index (χ1v) is 11.8. The van der Waals surface area contributed by atoms with Crippen LogP contribution in [0.5, 0.6) is 0 Å². The minimum atomic E-state index is -1.10. The highest BCUT2D eigenvalue weighted by molar-refractivity contribution is 6.07. The average Bonchev–Trinajstić information content (AvgIpc) is 3.70. The molecule has 1 aliphatic heterocycles. The lowest BCUT2D eigenvalue weighted by atomic mass is 10.00. The van der Waals surface area contributed by atoms with Gasteiger partial charge in [0.15, 0.2) is 0 Å². The van der Waals surface area contributed by atoms with Crippen molar-refractivity contribution >= 4 is 23.8 Å². The molecular weight excluding hydrogens is 424 g/mol. The standard InChI is InChI=1S/C25H30N2O6/c1-3-33-22(31)24(10-11-24)21(30)27-15-23(8-9-23)14-18(27)19(28)26-25(12-13-25)17-6-4-16(5-7-17)20(29)32-2/h4-7,18H,3,8-15H2,1-2H3,(H,26,28)/t18-/m1/s1. The van der Waals surface area contributed by atoms with E-state index in [1.807, 2.05) is 12.1 Å². The van der Waals surface area contributed by atoms with E-state index in [0.717, 1.165) is 31.2 Å². The first kappa shape index (κ1) is 21.9. The summed E-state index contributed by atoms with van der Waals surface area (Å²) in [5.41, 5.74) is -0.166. The van der Waals surface area contributed by atoms with Crippen LogP contribution >= 0.6 is 0 Å². The number of hydrogen-bond donors (Lipinski definition) is 1. The summed E-state index contributed by atoms with van der Waals surface area (Å²) in [5.74, 6) is -1.28. The van der Waals surface area contributed by atoms with Crippen molar-refractivity contribution < 1.29 is 28.7 Å². The SMILES string of the molecule is CCOC(=O)C1(C(=O)N2CC3(CC3)C[C@@H]2C(=O)NC2(c3ccc(C(=O)OC)cc3)CC2)CC1. The Morgan fingerprint density at radius 2 is 1.70 bits per heavy atom. The number of nitrogens with one attached hydrogen (secondary N) is 1. The van der Waals surface area contributed by atoms with Gasteiger partial charge in [0, 0.05) is 6.54 Å². The van der Waals surface area contributed by atoms with Gasteiger partial charge in [0.05, 0.1) is 24.8 Å². The fourth-order valence-corrected chi connectivity index (χ4v) is 5.19. The van der Waals surface area contributed by atoms with Crippen molar-refractivity contribution in [2.45, 2.75) is 63.5 Å². The molecule has 8 nitrogen and oxygen atoms in total. The van der Waals surface area contributed by atoms with Crippen LogP contribution < -0.4 is 5.32 Å². The van der Waals surface area contributed by atoms with E-state index in [4.69, 9.17) is 9.47 Å². The Hall–Kier alpha value is -2.90. The maximum atomic E-state index is 13.5. The molecule has 1 atom stereocenters. The van der Waals surface area contributed by atoms with Gasteiger partial charge in [-0.15, -0.1) is 0 Å². The van der Waals surface area contributed by atoms with E-state index in [9.17, 15) is 19.2 Å². The highest BCUT2D eigenvalue weighted by atomic mass is 16.5. The van der Waals surface area contributed by atoms with Gasteiger partial charge in [0.1, 0.15) is 11.5 Å². The second-order valence-electron chi connectivity index (χ2n) is 10.1. The van der Waals surface area contributed by atoms with E-state index in [1.165, 1.54) is 7.11 Å². The molecule has 4 fully saturated rings. The van der Waals surface area contributed by atoms with Crippen molar-refractivity contribution in [3.05, 3.63) is 35.4 Å². The third-order valence-corrected chi connectivity index (χ3v) is 7.83. The van der Waals surface area contributed by atoms with Gasteiger partial charge in [-0.2, -0.15) is 0 Å². The van der Waals surface area contributed by atoms with Crippen molar-refractivity contribution in [2.75, 3.05) is 20.3 Å². The topological polar surface area (TPSA) is 102 Å². The smallest absolute Gasteiger partial charge is 0.337 e. The molecule has 176 valence electrons. The second-order valence-corrected chi connectivity index (χ2v) is 10.1. The second kappa shape index (κ2) is 7.57. The predicted molar refractivity (Wildman–Crippen MR) is 117 cm³/mol. The zero-order chi connectivity index (χ0) is 23.4. The van der Waals surface area contributed by atoms with Crippen LogP contribution in [0.4, 0.5) is 0 Å². The molecule has 8 heteroatoms. The monoisotopic (exact) mass is 454 g/mol. The van der Waals surface area contributed by atoms with Crippen LogP contribution in [-0.2, 0) is 29.4 Å². The Labute approximate surface area is 193 Å². The lowest BCUT2D eigenvalue weighted by Gasteiger charge is -2.29. The minimum Gasteiger partial charge on any atom is -0.465 e. The number of rotatable bonds is 7. The predicted octanol–water partition coefficient (Wildman–Crippen LogP) is 2.30. The van der Waals surface area contributed by atoms with E-state index in [0.29, 0.717) is 31.4 Å². The summed E-state index contributed by atoms with van der Waals surface area (Å²) in [7, 11) is 1.34. The van der Waals surface area contributed by atoms with Gasteiger partial charge in [-0.1, -0.05) is 12.1 Å². The van der Waals surface area contributed by atoms with Gasteiger partial charge in [-0.3, -0.25) is 14.4 Å². The summed E-state index contributed by atoms with van der Waals surface area (Å²) in [4.78, 5) is 52.8. The Morgan fingerprint density at radius 1 is 1.03 bits per heavy atom. The van der Waals surface area contributed by atoms with Crippen molar-refractivity contribution in [1.29, 1.82) is 0 Å². The molecule has 0 aromatic heterocycles. The number of esters is 2. The number of amides is 2. The van der Waals surface area contributed by atoms with Gasteiger partial charge in [-0.25, -0.2) is 4.79 Å². The van der Waals surface area contributed by atoms with Gasteiger partial charge in [-0.05, 0) is 75.0 Å². The Bertz CT molecular complexity index is 1000. The maximum Gasteiger partial charge on any atom is 0.337 e. The van der Waals surface area contributed by atoms with Gasteiger partial charge in [0.25, 0.3) is 0 Å². The molecule has 3 aliphatic carbocycles.